The Morgan fingerprint density at radius 2 is 1.71 bits per heavy atom. The van der Waals surface area contributed by atoms with E-state index in [1.165, 1.54) is 25.7 Å². The zero-order chi connectivity index (χ0) is 21.8. The second-order valence-corrected chi connectivity index (χ2v) is 8.96. The van der Waals surface area contributed by atoms with Crippen molar-refractivity contribution in [3.8, 4) is 11.3 Å². The third-order valence-electron chi connectivity index (χ3n) is 6.69. The summed E-state index contributed by atoms with van der Waals surface area (Å²) < 4.78 is 1.90. The Bertz CT molecular complexity index is 1080. The number of anilines is 1. The van der Waals surface area contributed by atoms with E-state index >= 15 is 0 Å². The highest BCUT2D eigenvalue weighted by Crippen LogP contribution is 2.23. The van der Waals surface area contributed by atoms with Crippen molar-refractivity contribution < 1.29 is 0 Å². The number of fused-ring (bicyclic) bond motifs is 1. The molecule has 2 heterocycles. The number of rotatable bonds is 7. The molecule has 1 fully saturated rings. The standard InChI is InChI=1S/C26H34N4O/c1-19-10-8-11-20(2)29(19)16-6-3-7-17-30-24-15-5-4-14-23(24)28-25(26(30)31)21-12-9-13-22(27)18-21/h4-5,9,12-15,18-20H,3,6-8,10-11,16-17,27H2,1-2H3/t19-,20+. The Morgan fingerprint density at radius 3 is 2.48 bits per heavy atom. The van der Waals surface area contributed by atoms with Crippen molar-refractivity contribution in [3.05, 3.63) is 58.9 Å². The molecule has 5 heteroatoms. The minimum Gasteiger partial charge on any atom is -0.399 e. The summed E-state index contributed by atoms with van der Waals surface area (Å²) in [7, 11) is 0. The van der Waals surface area contributed by atoms with Crippen LogP contribution in [0.2, 0.25) is 0 Å². The van der Waals surface area contributed by atoms with E-state index in [9.17, 15) is 4.79 Å². The first-order valence-electron chi connectivity index (χ1n) is 11.7. The van der Waals surface area contributed by atoms with Gasteiger partial charge in [0.05, 0.1) is 11.0 Å². The lowest BCUT2D eigenvalue weighted by atomic mass is 9.97. The van der Waals surface area contributed by atoms with Crippen LogP contribution in [0.25, 0.3) is 22.3 Å². The van der Waals surface area contributed by atoms with Gasteiger partial charge in [0.25, 0.3) is 5.56 Å². The number of nitrogens with two attached hydrogens (primary N) is 1. The van der Waals surface area contributed by atoms with Crippen molar-refractivity contribution in [1.82, 2.24) is 14.5 Å². The van der Waals surface area contributed by atoms with Gasteiger partial charge in [-0.25, -0.2) is 4.98 Å². The highest BCUT2D eigenvalue weighted by molar-refractivity contribution is 5.78. The molecule has 4 rings (SSSR count). The van der Waals surface area contributed by atoms with Crippen molar-refractivity contribution in [3.63, 3.8) is 0 Å². The van der Waals surface area contributed by atoms with Crippen LogP contribution in [0.4, 0.5) is 5.69 Å². The van der Waals surface area contributed by atoms with E-state index in [1.54, 1.807) is 0 Å². The molecule has 0 amide bonds. The molecule has 164 valence electrons. The van der Waals surface area contributed by atoms with Gasteiger partial charge in [-0.2, -0.15) is 0 Å². The Hall–Kier alpha value is -2.66. The Morgan fingerprint density at radius 1 is 0.968 bits per heavy atom. The first kappa shape index (κ1) is 21.6. The Kier molecular flexibility index (Phi) is 6.71. The molecule has 1 aromatic heterocycles. The van der Waals surface area contributed by atoms with Crippen LogP contribution in [-0.2, 0) is 6.54 Å². The Balaban J connectivity index is 1.49. The van der Waals surface area contributed by atoms with Crippen LogP contribution in [-0.4, -0.2) is 33.1 Å². The molecule has 0 saturated carbocycles. The smallest absolute Gasteiger partial charge is 0.277 e. The van der Waals surface area contributed by atoms with E-state index in [2.05, 4.69) is 23.7 Å². The number of nitrogens with zero attached hydrogens (tertiary/aromatic N) is 3. The Labute approximate surface area is 184 Å². The van der Waals surface area contributed by atoms with Crippen molar-refractivity contribution in [2.24, 2.45) is 0 Å². The lowest BCUT2D eigenvalue weighted by molar-refractivity contribution is 0.101. The SMILES string of the molecule is C[C@@H]1CCC[C@H](C)N1CCCCCn1c(=O)c(-c2cccc(N)c2)nc2ccccc21. The summed E-state index contributed by atoms with van der Waals surface area (Å²) in [6.07, 6.45) is 7.26. The lowest BCUT2D eigenvalue weighted by Gasteiger charge is -2.39. The van der Waals surface area contributed by atoms with Gasteiger partial charge in [-0.05, 0) is 70.3 Å². The second kappa shape index (κ2) is 9.65. The average Bonchev–Trinajstić information content (AvgIpc) is 2.76. The maximum Gasteiger partial charge on any atom is 0.277 e. The molecule has 5 nitrogen and oxygen atoms in total. The van der Waals surface area contributed by atoms with Gasteiger partial charge >= 0.3 is 0 Å². The van der Waals surface area contributed by atoms with Gasteiger partial charge < -0.3 is 10.3 Å². The molecule has 2 aromatic carbocycles. The summed E-state index contributed by atoms with van der Waals surface area (Å²) >= 11 is 0. The zero-order valence-electron chi connectivity index (χ0n) is 18.8. The van der Waals surface area contributed by atoms with Crippen LogP contribution in [0, 0.1) is 0 Å². The van der Waals surface area contributed by atoms with Crippen LogP contribution < -0.4 is 11.3 Å². The zero-order valence-corrected chi connectivity index (χ0v) is 18.8. The molecular formula is C26H34N4O. The first-order chi connectivity index (χ1) is 15.0. The van der Waals surface area contributed by atoms with E-state index < -0.39 is 0 Å². The number of benzene rings is 2. The average molecular weight is 419 g/mol. The van der Waals surface area contributed by atoms with Crippen LogP contribution >= 0.6 is 0 Å². The molecule has 0 bridgehead atoms. The number of hydrogen-bond donors (Lipinski definition) is 1. The molecule has 0 radical (unpaired) electrons. The van der Waals surface area contributed by atoms with Crippen LogP contribution in [0.1, 0.15) is 52.4 Å². The van der Waals surface area contributed by atoms with Crippen LogP contribution in [0.3, 0.4) is 0 Å². The molecular weight excluding hydrogens is 384 g/mol. The summed E-state index contributed by atoms with van der Waals surface area (Å²) in [6, 6.07) is 16.7. The number of unbranched alkanes of at least 4 members (excludes halogenated alkanes) is 2. The third kappa shape index (κ3) is 4.82. The molecule has 2 atom stereocenters. The summed E-state index contributed by atoms with van der Waals surface area (Å²) in [5, 5.41) is 0. The van der Waals surface area contributed by atoms with Gasteiger partial charge in [0.15, 0.2) is 0 Å². The minimum absolute atomic E-state index is 0.0393. The van der Waals surface area contributed by atoms with Crippen LogP contribution in [0.5, 0.6) is 0 Å². The fraction of sp³-hybridized carbons (Fsp3) is 0.462. The van der Waals surface area contributed by atoms with E-state index in [4.69, 9.17) is 5.73 Å². The molecule has 2 N–H and O–H groups in total. The summed E-state index contributed by atoms with van der Waals surface area (Å²) in [4.78, 5) is 20.7. The van der Waals surface area contributed by atoms with Gasteiger partial charge in [0.1, 0.15) is 5.69 Å². The molecule has 3 aromatic rings. The molecule has 0 aliphatic carbocycles. The first-order valence-corrected chi connectivity index (χ1v) is 11.7. The second-order valence-electron chi connectivity index (χ2n) is 8.96. The normalized spacial score (nSPS) is 19.7. The van der Waals surface area contributed by atoms with E-state index in [0.717, 1.165) is 36.0 Å². The number of nitrogen functional groups attached to an aromatic ring is 1. The largest absolute Gasteiger partial charge is 0.399 e. The molecule has 0 spiro atoms. The molecule has 1 aliphatic heterocycles. The monoisotopic (exact) mass is 418 g/mol. The molecule has 1 saturated heterocycles. The lowest BCUT2D eigenvalue weighted by Crippen LogP contribution is -2.44. The fourth-order valence-electron chi connectivity index (χ4n) is 4.95. The van der Waals surface area contributed by atoms with E-state index in [-0.39, 0.29) is 5.56 Å². The fourth-order valence-corrected chi connectivity index (χ4v) is 4.95. The van der Waals surface area contributed by atoms with Crippen molar-refractivity contribution in [2.75, 3.05) is 12.3 Å². The summed E-state index contributed by atoms with van der Waals surface area (Å²) in [5.41, 5.74) is 9.54. The van der Waals surface area contributed by atoms with Gasteiger partial charge in [0.2, 0.25) is 0 Å². The van der Waals surface area contributed by atoms with Crippen molar-refractivity contribution in [1.29, 1.82) is 0 Å². The molecule has 1 aliphatic rings. The van der Waals surface area contributed by atoms with Crippen molar-refractivity contribution in [2.45, 2.75) is 71.0 Å². The van der Waals surface area contributed by atoms with Gasteiger partial charge in [0, 0.05) is 29.9 Å². The molecule has 0 unspecified atom stereocenters. The summed E-state index contributed by atoms with van der Waals surface area (Å²) in [6.45, 7) is 6.58. The van der Waals surface area contributed by atoms with Crippen LogP contribution in [0.15, 0.2) is 53.3 Å². The maximum absolute atomic E-state index is 13.3. The number of piperidine rings is 1. The van der Waals surface area contributed by atoms with E-state index in [1.807, 2.05) is 53.1 Å². The topological polar surface area (TPSA) is 64.2 Å². The van der Waals surface area contributed by atoms with Gasteiger partial charge in [-0.1, -0.05) is 37.1 Å². The van der Waals surface area contributed by atoms with E-state index in [0.29, 0.717) is 30.0 Å². The van der Waals surface area contributed by atoms with Crippen molar-refractivity contribution >= 4 is 16.7 Å². The number of hydrogen-bond acceptors (Lipinski definition) is 4. The third-order valence-corrected chi connectivity index (χ3v) is 6.69. The highest BCUT2D eigenvalue weighted by atomic mass is 16.1. The number of aromatic nitrogens is 2. The quantitative estimate of drug-likeness (QED) is 0.429. The maximum atomic E-state index is 13.3. The number of aryl methyl sites for hydroxylation is 1. The van der Waals surface area contributed by atoms with Gasteiger partial charge in [-0.3, -0.25) is 9.69 Å². The minimum atomic E-state index is -0.0393. The number of para-hydroxylation sites is 2. The molecule has 31 heavy (non-hydrogen) atoms. The predicted molar refractivity (Wildman–Crippen MR) is 129 cm³/mol. The predicted octanol–water partition coefficient (Wildman–Crippen LogP) is 5.08. The number of likely N-dealkylation sites (tertiary alicyclic amines) is 1. The highest BCUT2D eigenvalue weighted by Gasteiger charge is 2.23. The summed E-state index contributed by atoms with van der Waals surface area (Å²) in [5.74, 6) is 0. The van der Waals surface area contributed by atoms with Gasteiger partial charge in [-0.15, -0.1) is 0 Å².